The fourth-order valence-corrected chi connectivity index (χ4v) is 3.65. The molecule has 0 spiro atoms. The van der Waals surface area contributed by atoms with Crippen LogP contribution in [-0.4, -0.2) is 55.8 Å². The van der Waals surface area contributed by atoms with Gasteiger partial charge in [0.1, 0.15) is 5.75 Å². The largest absolute Gasteiger partial charge is 0.481 e. The number of anilines is 1. The molecule has 10 heteroatoms. The van der Waals surface area contributed by atoms with E-state index in [0.29, 0.717) is 29.6 Å². The first-order valence-electron chi connectivity index (χ1n) is 10.4. The van der Waals surface area contributed by atoms with Crippen molar-refractivity contribution in [1.82, 2.24) is 15.0 Å². The fraction of sp³-hybridized carbons (Fsp3) is 0.348. The van der Waals surface area contributed by atoms with Crippen molar-refractivity contribution in [3.05, 3.63) is 60.0 Å². The van der Waals surface area contributed by atoms with Gasteiger partial charge < -0.3 is 14.2 Å². The molecule has 1 heterocycles. The second kappa shape index (κ2) is 10.0. The number of aryl methyl sites for hydroxylation is 1. The predicted molar refractivity (Wildman–Crippen MR) is 125 cm³/mol. The lowest BCUT2D eigenvalue weighted by molar-refractivity contribution is -0.138. The molecule has 0 bridgehead atoms. The number of amides is 1. The average molecular weight is 473 g/mol. The fourth-order valence-electron chi connectivity index (χ4n) is 3.15. The van der Waals surface area contributed by atoms with Crippen LogP contribution in [0.2, 0.25) is 0 Å². The molecule has 0 radical (unpaired) electrons. The average Bonchev–Trinajstić information content (AvgIpc) is 3.24. The van der Waals surface area contributed by atoms with Gasteiger partial charge in [-0.3, -0.25) is 9.10 Å². The van der Waals surface area contributed by atoms with Crippen LogP contribution in [0.4, 0.5) is 5.69 Å². The molecule has 3 aromatic rings. The van der Waals surface area contributed by atoms with Crippen LogP contribution in [-0.2, 0) is 21.4 Å². The van der Waals surface area contributed by atoms with Crippen molar-refractivity contribution in [2.24, 2.45) is 0 Å². The Kier molecular flexibility index (Phi) is 7.37. The van der Waals surface area contributed by atoms with E-state index in [9.17, 15) is 13.2 Å². The third-order valence-corrected chi connectivity index (χ3v) is 6.32. The number of hydrogen-bond donors (Lipinski definition) is 0. The zero-order valence-corrected chi connectivity index (χ0v) is 20.2. The van der Waals surface area contributed by atoms with E-state index in [4.69, 9.17) is 9.26 Å². The molecule has 33 heavy (non-hydrogen) atoms. The predicted octanol–water partition coefficient (Wildman–Crippen LogP) is 3.26. The Balaban J connectivity index is 1.64. The summed E-state index contributed by atoms with van der Waals surface area (Å²) < 4.78 is 35.7. The van der Waals surface area contributed by atoms with Crippen molar-refractivity contribution in [2.45, 2.75) is 32.9 Å². The molecule has 1 aromatic heterocycles. The number of rotatable bonds is 9. The maximum atomic E-state index is 12.9. The van der Waals surface area contributed by atoms with Gasteiger partial charge in [0.25, 0.3) is 5.91 Å². The quantitative estimate of drug-likeness (QED) is 0.471. The Morgan fingerprint density at radius 3 is 2.45 bits per heavy atom. The molecule has 2 aromatic carbocycles. The van der Waals surface area contributed by atoms with E-state index in [1.807, 2.05) is 38.1 Å². The van der Waals surface area contributed by atoms with Gasteiger partial charge in [-0.25, -0.2) is 8.42 Å². The number of ether oxygens (including phenoxy) is 1. The Labute approximate surface area is 194 Å². The van der Waals surface area contributed by atoms with Crippen LogP contribution in [0.25, 0.3) is 11.4 Å². The van der Waals surface area contributed by atoms with E-state index in [1.165, 1.54) is 16.3 Å². The summed E-state index contributed by atoms with van der Waals surface area (Å²) in [5.74, 6) is 1.03. The van der Waals surface area contributed by atoms with Gasteiger partial charge in [-0.05, 0) is 43.7 Å². The van der Waals surface area contributed by atoms with Crippen molar-refractivity contribution in [3.8, 4) is 17.1 Å². The lowest BCUT2D eigenvalue weighted by Gasteiger charge is -2.23. The van der Waals surface area contributed by atoms with Crippen molar-refractivity contribution < 1.29 is 22.5 Å². The number of sulfonamides is 1. The maximum absolute atomic E-state index is 12.9. The molecular formula is C23H28N4O5S. The Morgan fingerprint density at radius 1 is 1.15 bits per heavy atom. The van der Waals surface area contributed by atoms with Crippen LogP contribution in [0.1, 0.15) is 24.8 Å². The number of carbonyl (C=O) groups is 1. The third-order valence-electron chi connectivity index (χ3n) is 5.12. The van der Waals surface area contributed by atoms with Gasteiger partial charge >= 0.3 is 0 Å². The summed E-state index contributed by atoms with van der Waals surface area (Å²) in [5.41, 5.74) is 2.44. The molecular weight excluding hydrogens is 444 g/mol. The van der Waals surface area contributed by atoms with Gasteiger partial charge in [0.2, 0.25) is 21.7 Å². The minimum atomic E-state index is -3.36. The summed E-state index contributed by atoms with van der Waals surface area (Å²) in [6, 6.07) is 14.3. The summed E-state index contributed by atoms with van der Waals surface area (Å²) >= 11 is 0. The number of carbonyl (C=O) groups excluding carboxylic acids is 1. The molecule has 0 aliphatic carbocycles. The molecule has 0 fully saturated rings. The molecule has 1 atom stereocenters. The summed E-state index contributed by atoms with van der Waals surface area (Å²) in [6.07, 6.45) is 0.867. The highest BCUT2D eigenvalue weighted by atomic mass is 32.2. The van der Waals surface area contributed by atoms with Gasteiger partial charge in [0.05, 0.1) is 18.5 Å². The molecule has 1 amide bonds. The van der Waals surface area contributed by atoms with Crippen LogP contribution in [0.15, 0.2) is 53.1 Å². The molecule has 3 rings (SSSR count). The summed E-state index contributed by atoms with van der Waals surface area (Å²) in [4.78, 5) is 18.8. The molecule has 0 saturated carbocycles. The minimum Gasteiger partial charge on any atom is -0.481 e. The van der Waals surface area contributed by atoms with Crippen LogP contribution in [0.3, 0.4) is 0 Å². The van der Waals surface area contributed by atoms with Crippen molar-refractivity contribution in [2.75, 3.05) is 24.7 Å². The van der Waals surface area contributed by atoms with Gasteiger partial charge in [-0.15, -0.1) is 0 Å². The number of aromatic nitrogens is 2. The normalized spacial score (nSPS) is 12.3. The zero-order chi connectivity index (χ0) is 24.2. The number of benzene rings is 2. The highest BCUT2D eigenvalue weighted by molar-refractivity contribution is 7.92. The van der Waals surface area contributed by atoms with E-state index in [1.54, 1.807) is 31.3 Å². The van der Waals surface area contributed by atoms with Crippen molar-refractivity contribution in [3.63, 3.8) is 0 Å². The van der Waals surface area contributed by atoms with Crippen molar-refractivity contribution >= 4 is 21.6 Å². The monoisotopic (exact) mass is 472 g/mol. The first-order valence-corrected chi connectivity index (χ1v) is 12.3. The summed E-state index contributed by atoms with van der Waals surface area (Å²) in [5, 5.41) is 4.01. The van der Waals surface area contributed by atoms with Crippen LogP contribution < -0.4 is 9.04 Å². The Bertz CT molecular complexity index is 1210. The summed E-state index contributed by atoms with van der Waals surface area (Å²) in [6.45, 7) is 3.99. The number of likely N-dealkylation sites (N-methyl/N-ethyl adjacent to an activating group) is 1. The molecule has 0 N–H and O–H groups in total. The van der Waals surface area contributed by atoms with E-state index in [0.717, 1.165) is 17.4 Å². The molecule has 176 valence electrons. The SMILES string of the molecule is CCC(Oc1ccc(N(C)S(C)(=O)=O)cc1)C(=O)N(C)Cc1nc(-c2cccc(C)c2)no1. The molecule has 0 aliphatic rings. The van der Waals surface area contributed by atoms with Crippen LogP contribution in [0.5, 0.6) is 5.75 Å². The first-order chi connectivity index (χ1) is 15.6. The Hall–Kier alpha value is -3.40. The van der Waals surface area contributed by atoms with E-state index >= 15 is 0 Å². The highest BCUT2D eigenvalue weighted by Crippen LogP contribution is 2.22. The third kappa shape index (κ3) is 6.10. The van der Waals surface area contributed by atoms with Crippen LogP contribution in [0, 0.1) is 6.92 Å². The molecule has 1 unspecified atom stereocenters. The molecule has 0 saturated heterocycles. The van der Waals surface area contributed by atoms with Gasteiger partial charge in [-0.2, -0.15) is 4.98 Å². The van der Waals surface area contributed by atoms with E-state index < -0.39 is 16.1 Å². The van der Waals surface area contributed by atoms with Gasteiger partial charge in [0.15, 0.2) is 6.10 Å². The topological polar surface area (TPSA) is 106 Å². The number of hydrogen-bond acceptors (Lipinski definition) is 7. The minimum absolute atomic E-state index is 0.148. The second-order valence-electron chi connectivity index (χ2n) is 7.81. The smallest absolute Gasteiger partial charge is 0.263 e. The van der Waals surface area contributed by atoms with E-state index in [-0.39, 0.29) is 12.5 Å². The van der Waals surface area contributed by atoms with Gasteiger partial charge in [0, 0.05) is 19.7 Å². The summed E-state index contributed by atoms with van der Waals surface area (Å²) in [7, 11) is -0.237. The number of nitrogens with zero attached hydrogens (tertiary/aromatic N) is 4. The second-order valence-corrected chi connectivity index (χ2v) is 9.83. The Morgan fingerprint density at radius 2 is 1.85 bits per heavy atom. The molecule has 0 aliphatic heterocycles. The van der Waals surface area contributed by atoms with Crippen LogP contribution >= 0.6 is 0 Å². The standard InChI is InChI=1S/C23H28N4O5S/c1-6-20(31-19-12-10-18(11-13-19)27(4)33(5,29)30)23(28)26(3)15-21-24-22(25-32-21)17-9-7-8-16(2)14-17/h7-14,20H,6,15H2,1-5H3. The lowest BCUT2D eigenvalue weighted by Crippen LogP contribution is -2.39. The van der Waals surface area contributed by atoms with Crippen molar-refractivity contribution in [1.29, 1.82) is 0 Å². The highest BCUT2D eigenvalue weighted by Gasteiger charge is 2.24. The lowest BCUT2D eigenvalue weighted by atomic mass is 10.1. The zero-order valence-electron chi connectivity index (χ0n) is 19.3. The maximum Gasteiger partial charge on any atom is 0.263 e. The first kappa shape index (κ1) is 24.2. The van der Waals surface area contributed by atoms with E-state index in [2.05, 4.69) is 10.1 Å². The van der Waals surface area contributed by atoms with Gasteiger partial charge in [-0.1, -0.05) is 35.8 Å². The molecule has 9 nitrogen and oxygen atoms in total.